The van der Waals surface area contributed by atoms with Crippen LogP contribution in [0.25, 0.3) is 0 Å². The molecular weight excluding hydrogens is 398 g/mol. The van der Waals surface area contributed by atoms with E-state index >= 15 is 0 Å². The Kier molecular flexibility index (Phi) is 5.73. The third-order valence-corrected chi connectivity index (χ3v) is 6.32. The number of hydrogen-bond acceptors (Lipinski definition) is 7. The molecule has 0 spiro atoms. The minimum atomic E-state index is -0.651. The fourth-order valence-corrected chi connectivity index (χ4v) is 4.66. The minimum Gasteiger partial charge on any atom is -0.508 e. The molecule has 1 aliphatic carbocycles. The first kappa shape index (κ1) is 21.3. The smallest absolute Gasteiger partial charge is 0.228 e. The van der Waals surface area contributed by atoms with Crippen molar-refractivity contribution in [2.75, 3.05) is 13.1 Å². The Balaban J connectivity index is 1.58. The Morgan fingerprint density at radius 2 is 1.90 bits per heavy atom. The molecule has 7 nitrogen and oxygen atoms in total. The van der Waals surface area contributed by atoms with Crippen LogP contribution in [0, 0.1) is 5.92 Å². The van der Waals surface area contributed by atoms with Gasteiger partial charge in [0.1, 0.15) is 17.2 Å². The summed E-state index contributed by atoms with van der Waals surface area (Å²) in [6, 6.07) is 7.36. The lowest BCUT2D eigenvalue weighted by Gasteiger charge is -2.30. The number of Topliss-reactive ketones (excluding diaryl/α,β-unsaturated/α-hetero) is 2. The van der Waals surface area contributed by atoms with E-state index in [1.807, 2.05) is 0 Å². The lowest BCUT2D eigenvalue weighted by atomic mass is 10.0. The monoisotopic (exact) mass is 425 g/mol. The Labute approximate surface area is 180 Å². The minimum absolute atomic E-state index is 0.0183. The summed E-state index contributed by atoms with van der Waals surface area (Å²) in [5, 5.41) is 30.7. The zero-order valence-corrected chi connectivity index (χ0v) is 17.7. The third-order valence-electron chi connectivity index (χ3n) is 6.32. The molecule has 0 aromatic heterocycles. The second-order valence-electron chi connectivity index (χ2n) is 8.65. The number of likely N-dealkylation sites (tertiary alicyclic amines) is 1. The Bertz CT molecular complexity index is 1030. The number of carbonyl (C=O) groups excluding carboxylic acids is 2. The molecule has 1 saturated heterocycles. The van der Waals surface area contributed by atoms with Crippen molar-refractivity contribution < 1.29 is 29.6 Å². The molecule has 2 aromatic rings. The predicted octanol–water partition coefficient (Wildman–Crippen LogP) is 3.10. The van der Waals surface area contributed by atoms with E-state index in [4.69, 9.17) is 4.74 Å². The molecule has 3 atom stereocenters. The van der Waals surface area contributed by atoms with E-state index in [1.165, 1.54) is 25.1 Å². The van der Waals surface area contributed by atoms with Crippen LogP contribution >= 0.6 is 0 Å². The summed E-state index contributed by atoms with van der Waals surface area (Å²) in [7, 11) is 0. The molecule has 164 valence electrons. The van der Waals surface area contributed by atoms with Crippen LogP contribution in [0.3, 0.4) is 0 Å². The molecule has 1 fully saturated rings. The third kappa shape index (κ3) is 4.16. The van der Waals surface area contributed by atoms with E-state index in [0.717, 1.165) is 30.6 Å². The Morgan fingerprint density at radius 3 is 2.55 bits per heavy atom. The van der Waals surface area contributed by atoms with E-state index in [-0.39, 0.29) is 41.6 Å². The summed E-state index contributed by atoms with van der Waals surface area (Å²) in [5.74, 6) is -0.726. The number of carbonyl (C=O) groups is 2. The maximum Gasteiger partial charge on any atom is 0.228 e. The van der Waals surface area contributed by atoms with Gasteiger partial charge in [-0.1, -0.05) is 19.1 Å². The van der Waals surface area contributed by atoms with Gasteiger partial charge in [-0.05, 0) is 43.0 Å². The second kappa shape index (κ2) is 8.32. The highest BCUT2D eigenvalue weighted by Gasteiger charge is 2.41. The van der Waals surface area contributed by atoms with Crippen molar-refractivity contribution in [1.82, 2.24) is 4.90 Å². The molecule has 3 unspecified atom stereocenters. The van der Waals surface area contributed by atoms with E-state index in [0.29, 0.717) is 17.9 Å². The van der Waals surface area contributed by atoms with Crippen LogP contribution in [-0.4, -0.2) is 50.9 Å². The average Bonchev–Trinajstić information content (AvgIpc) is 3.30. The molecule has 0 amide bonds. The number of rotatable bonds is 6. The molecule has 2 aliphatic rings. The number of nitrogens with zero attached hydrogens (tertiary/aromatic N) is 1. The van der Waals surface area contributed by atoms with Gasteiger partial charge in [0.15, 0.2) is 5.78 Å². The molecule has 0 radical (unpaired) electrons. The lowest BCUT2D eigenvalue weighted by molar-refractivity contribution is -0.113. The molecule has 1 heterocycles. The van der Waals surface area contributed by atoms with Crippen molar-refractivity contribution >= 4 is 11.6 Å². The summed E-state index contributed by atoms with van der Waals surface area (Å²) in [5.41, 5.74) is 2.16. The van der Waals surface area contributed by atoms with E-state index < -0.39 is 11.6 Å². The summed E-state index contributed by atoms with van der Waals surface area (Å²) in [6.45, 7) is 5.38. The fraction of sp³-hybridized carbons (Fsp3) is 0.417. The summed E-state index contributed by atoms with van der Waals surface area (Å²) >= 11 is 0. The maximum absolute atomic E-state index is 11.8. The number of aromatic hydroxyl groups is 3. The van der Waals surface area contributed by atoms with Gasteiger partial charge in [0.2, 0.25) is 5.78 Å². The van der Waals surface area contributed by atoms with Gasteiger partial charge in [0.05, 0.1) is 12.7 Å². The van der Waals surface area contributed by atoms with Gasteiger partial charge in [-0.25, -0.2) is 0 Å². The van der Waals surface area contributed by atoms with E-state index in [9.17, 15) is 24.9 Å². The van der Waals surface area contributed by atoms with Crippen LogP contribution in [0.4, 0.5) is 0 Å². The van der Waals surface area contributed by atoms with Gasteiger partial charge in [-0.2, -0.15) is 0 Å². The van der Waals surface area contributed by atoms with Crippen LogP contribution in [0.5, 0.6) is 17.2 Å². The van der Waals surface area contributed by atoms with Crippen molar-refractivity contribution in [1.29, 1.82) is 0 Å². The van der Waals surface area contributed by atoms with Gasteiger partial charge in [-0.3, -0.25) is 14.5 Å². The number of ether oxygens (including phenoxy) is 1. The van der Waals surface area contributed by atoms with Crippen molar-refractivity contribution in [3.05, 3.63) is 52.6 Å². The number of benzene rings is 2. The Hall–Kier alpha value is -2.90. The quantitative estimate of drug-likeness (QED) is 0.482. The molecule has 7 heteroatoms. The topological polar surface area (TPSA) is 107 Å². The first-order chi connectivity index (χ1) is 14.7. The van der Waals surface area contributed by atoms with Crippen molar-refractivity contribution in [3.8, 4) is 17.2 Å². The molecule has 4 rings (SSSR count). The zero-order chi connectivity index (χ0) is 22.3. The van der Waals surface area contributed by atoms with Gasteiger partial charge in [0.25, 0.3) is 0 Å². The molecule has 2 aromatic carbocycles. The molecule has 31 heavy (non-hydrogen) atoms. The first-order valence-corrected chi connectivity index (χ1v) is 10.5. The molecule has 3 N–H and O–H groups in total. The molecule has 1 aliphatic heterocycles. The summed E-state index contributed by atoms with van der Waals surface area (Å²) in [4.78, 5) is 25.5. The van der Waals surface area contributed by atoms with Crippen LogP contribution in [0.2, 0.25) is 0 Å². The van der Waals surface area contributed by atoms with Crippen LogP contribution in [0.1, 0.15) is 53.4 Å². The van der Waals surface area contributed by atoms with E-state index in [1.54, 1.807) is 12.1 Å². The normalized spacial score (nSPS) is 23.1. The summed E-state index contributed by atoms with van der Waals surface area (Å²) < 4.78 is 6.24. The second-order valence-corrected chi connectivity index (χ2v) is 8.65. The summed E-state index contributed by atoms with van der Waals surface area (Å²) in [6.07, 6.45) is 1.34. The van der Waals surface area contributed by atoms with Crippen LogP contribution in [0.15, 0.2) is 30.3 Å². The number of phenols is 3. The highest BCUT2D eigenvalue weighted by Crippen LogP contribution is 2.45. The van der Waals surface area contributed by atoms with Crippen LogP contribution < -0.4 is 0 Å². The largest absolute Gasteiger partial charge is 0.508 e. The highest BCUT2D eigenvalue weighted by atomic mass is 16.5. The first-order valence-electron chi connectivity index (χ1n) is 10.5. The standard InChI is InChI=1S/C24H27NO6/c1-13-5-6-25(11-13)20-10-18-19(8-17(27)9-22(18)29)24(20)31-12-16-4-3-15(7-21(16)28)23(30)14(2)26/h3-4,7-9,13,20,24,27-29H,5-6,10-12H2,1-2H3. The van der Waals surface area contributed by atoms with Crippen LogP contribution in [-0.2, 0) is 22.6 Å². The SMILES string of the molecule is CC(=O)C(=O)c1ccc(COC2c3cc(O)cc(O)c3CC2N2CCC(C)C2)c(O)c1. The maximum atomic E-state index is 11.8. The number of ketones is 2. The van der Waals surface area contributed by atoms with Crippen molar-refractivity contribution in [2.45, 2.75) is 45.4 Å². The number of hydrogen-bond donors (Lipinski definition) is 3. The average molecular weight is 425 g/mol. The lowest BCUT2D eigenvalue weighted by Crippen LogP contribution is -2.37. The predicted molar refractivity (Wildman–Crippen MR) is 113 cm³/mol. The van der Waals surface area contributed by atoms with Crippen molar-refractivity contribution in [3.63, 3.8) is 0 Å². The van der Waals surface area contributed by atoms with Gasteiger partial charge < -0.3 is 20.1 Å². The molecule has 0 bridgehead atoms. The Morgan fingerprint density at radius 1 is 1.13 bits per heavy atom. The zero-order valence-electron chi connectivity index (χ0n) is 17.7. The van der Waals surface area contributed by atoms with Gasteiger partial charge in [-0.15, -0.1) is 0 Å². The molecular formula is C24H27NO6. The van der Waals surface area contributed by atoms with E-state index in [2.05, 4.69) is 11.8 Å². The van der Waals surface area contributed by atoms with Gasteiger partial charge in [0, 0.05) is 42.3 Å². The highest BCUT2D eigenvalue weighted by molar-refractivity contribution is 6.42. The number of fused-ring (bicyclic) bond motifs is 1. The number of phenolic OH excluding ortho intramolecular Hbond substituents is 3. The molecule has 0 saturated carbocycles. The fourth-order valence-electron chi connectivity index (χ4n) is 4.66. The van der Waals surface area contributed by atoms with Gasteiger partial charge >= 0.3 is 0 Å². The van der Waals surface area contributed by atoms with Crippen molar-refractivity contribution in [2.24, 2.45) is 5.92 Å².